The number of carbonyl (C=O) groups is 1. The molecule has 19 heavy (non-hydrogen) atoms. The molecule has 0 N–H and O–H groups in total. The molecule has 1 aliphatic carbocycles. The molecular weight excluding hydrogens is 276 g/mol. The molecule has 0 aromatic carbocycles. The van der Waals surface area contributed by atoms with Crippen LogP contribution >= 0.6 is 23.5 Å². The van der Waals surface area contributed by atoms with E-state index < -0.39 is 0 Å². The summed E-state index contributed by atoms with van der Waals surface area (Å²) in [6.07, 6.45) is 8.08. The highest BCUT2D eigenvalue weighted by Crippen LogP contribution is 2.52. The quantitative estimate of drug-likeness (QED) is 0.573. The van der Waals surface area contributed by atoms with Crippen LogP contribution in [0.3, 0.4) is 0 Å². The molecule has 108 valence electrons. The molecule has 1 heterocycles. The molecule has 2 unspecified atom stereocenters. The summed E-state index contributed by atoms with van der Waals surface area (Å²) < 4.78 is 5.96. The molecule has 2 fully saturated rings. The van der Waals surface area contributed by atoms with Gasteiger partial charge in [-0.3, -0.25) is 4.79 Å². The molecule has 2 nitrogen and oxygen atoms in total. The molecule has 1 saturated carbocycles. The van der Waals surface area contributed by atoms with Gasteiger partial charge in [0.2, 0.25) is 0 Å². The highest BCUT2D eigenvalue weighted by atomic mass is 32.2. The maximum Gasteiger partial charge on any atom is 0.309 e. The first-order valence-corrected chi connectivity index (χ1v) is 9.21. The first kappa shape index (κ1) is 15.3. The number of hydrogen-bond acceptors (Lipinski definition) is 4. The van der Waals surface area contributed by atoms with Crippen LogP contribution in [0.15, 0.2) is 12.7 Å². The Bertz CT molecular complexity index is 324. The third-order valence-corrected chi connectivity index (χ3v) is 7.48. The predicted octanol–water partition coefficient (Wildman–Crippen LogP) is 4.25. The number of esters is 1. The molecule has 1 aliphatic heterocycles. The minimum atomic E-state index is -0.110. The summed E-state index contributed by atoms with van der Waals surface area (Å²) in [7, 11) is 0. The lowest BCUT2D eigenvalue weighted by atomic mass is 9.84. The topological polar surface area (TPSA) is 26.3 Å². The smallest absolute Gasteiger partial charge is 0.309 e. The van der Waals surface area contributed by atoms with Gasteiger partial charge >= 0.3 is 5.97 Å². The lowest BCUT2D eigenvalue weighted by molar-refractivity contribution is -0.152. The number of thioether (sulfide) groups is 2. The lowest BCUT2D eigenvalue weighted by Crippen LogP contribution is -2.43. The molecular formula is C15H24O2S2. The van der Waals surface area contributed by atoms with Crippen LogP contribution in [0.25, 0.3) is 0 Å². The molecule has 1 saturated heterocycles. The monoisotopic (exact) mass is 300 g/mol. The Morgan fingerprint density at radius 1 is 1.32 bits per heavy atom. The second-order valence-electron chi connectivity index (χ2n) is 5.48. The summed E-state index contributed by atoms with van der Waals surface area (Å²) in [6, 6.07) is 0. The van der Waals surface area contributed by atoms with Crippen LogP contribution in [0.1, 0.15) is 45.4 Å². The van der Waals surface area contributed by atoms with Crippen molar-refractivity contribution in [2.24, 2.45) is 5.92 Å². The van der Waals surface area contributed by atoms with Gasteiger partial charge in [-0.2, -0.15) is 0 Å². The second kappa shape index (κ2) is 7.07. The van der Waals surface area contributed by atoms with E-state index in [0.717, 1.165) is 6.42 Å². The fourth-order valence-electron chi connectivity index (χ4n) is 3.04. The van der Waals surface area contributed by atoms with Gasteiger partial charge < -0.3 is 4.74 Å². The van der Waals surface area contributed by atoms with Gasteiger partial charge in [0.25, 0.3) is 0 Å². The largest absolute Gasteiger partial charge is 0.462 e. The van der Waals surface area contributed by atoms with Crippen molar-refractivity contribution in [1.82, 2.24) is 0 Å². The van der Waals surface area contributed by atoms with Crippen LogP contribution < -0.4 is 0 Å². The number of ether oxygens (including phenoxy) is 1. The van der Waals surface area contributed by atoms with E-state index in [1.807, 2.05) is 0 Å². The molecule has 4 heteroatoms. The van der Waals surface area contributed by atoms with Gasteiger partial charge in [0.15, 0.2) is 0 Å². The Balaban J connectivity index is 2.02. The van der Waals surface area contributed by atoms with Crippen molar-refractivity contribution < 1.29 is 9.53 Å². The van der Waals surface area contributed by atoms with Crippen molar-refractivity contribution in [1.29, 1.82) is 0 Å². The normalized spacial score (nSPS) is 30.6. The molecule has 0 spiro atoms. The zero-order valence-corrected chi connectivity index (χ0v) is 13.4. The van der Waals surface area contributed by atoms with Crippen molar-refractivity contribution in [2.75, 3.05) is 11.5 Å². The van der Waals surface area contributed by atoms with Crippen molar-refractivity contribution in [2.45, 2.75) is 55.6 Å². The van der Waals surface area contributed by atoms with Crippen LogP contribution in [-0.4, -0.2) is 27.7 Å². The van der Waals surface area contributed by atoms with E-state index in [-0.39, 0.29) is 16.2 Å². The van der Waals surface area contributed by atoms with Crippen LogP contribution in [0.2, 0.25) is 0 Å². The van der Waals surface area contributed by atoms with Gasteiger partial charge in [0.1, 0.15) is 6.10 Å². The molecule has 0 amide bonds. The van der Waals surface area contributed by atoms with Crippen molar-refractivity contribution in [3.05, 3.63) is 12.7 Å². The third kappa shape index (κ3) is 3.94. The first-order valence-electron chi connectivity index (χ1n) is 7.24. The summed E-state index contributed by atoms with van der Waals surface area (Å²) >= 11 is 4.14. The zero-order chi connectivity index (χ0) is 13.7. The fourth-order valence-corrected chi connectivity index (χ4v) is 6.41. The molecule has 0 aromatic heterocycles. The number of rotatable bonds is 4. The highest BCUT2D eigenvalue weighted by molar-refractivity contribution is 8.18. The van der Waals surface area contributed by atoms with Gasteiger partial charge in [-0.15, -0.1) is 30.1 Å². The summed E-state index contributed by atoms with van der Waals surface area (Å²) in [5, 5.41) is 0. The van der Waals surface area contributed by atoms with E-state index in [9.17, 15) is 4.79 Å². The Hall–Kier alpha value is -0.0900. The molecule has 2 aliphatic rings. The summed E-state index contributed by atoms with van der Waals surface area (Å²) in [5.74, 6) is 2.88. The Morgan fingerprint density at radius 3 is 2.68 bits per heavy atom. The standard InChI is InChI=1S/C15H24O2S2/c1-3-7-14(16)17-13-9-5-4-8-12(13)15(2)18-10-6-11-19-15/h3,12-13H,1,4-11H2,2H3. The van der Waals surface area contributed by atoms with E-state index in [1.54, 1.807) is 6.08 Å². The average Bonchev–Trinajstić information content (AvgIpc) is 2.40. The van der Waals surface area contributed by atoms with Gasteiger partial charge in [-0.1, -0.05) is 12.5 Å². The third-order valence-electron chi connectivity index (χ3n) is 4.04. The molecule has 0 radical (unpaired) electrons. The lowest BCUT2D eigenvalue weighted by Gasteiger charge is -2.44. The van der Waals surface area contributed by atoms with E-state index in [0.29, 0.717) is 12.3 Å². The minimum absolute atomic E-state index is 0.110. The van der Waals surface area contributed by atoms with E-state index in [2.05, 4.69) is 37.0 Å². The SMILES string of the molecule is C=CCC(=O)OC1CCCCC1C1(C)SCCCS1. The van der Waals surface area contributed by atoms with Crippen LogP contribution in [0.5, 0.6) is 0 Å². The van der Waals surface area contributed by atoms with E-state index >= 15 is 0 Å². The van der Waals surface area contributed by atoms with Gasteiger partial charge in [-0.25, -0.2) is 0 Å². The maximum atomic E-state index is 11.7. The fraction of sp³-hybridized carbons (Fsp3) is 0.800. The summed E-state index contributed by atoms with van der Waals surface area (Å²) in [4.78, 5) is 11.7. The van der Waals surface area contributed by atoms with Gasteiger partial charge in [-0.05, 0) is 44.1 Å². The summed E-state index contributed by atoms with van der Waals surface area (Å²) in [5.41, 5.74) is 0. The van der Waals surface area contributed by atoms with Crippen LogP contribution in [-0.2, 0) is 9.53 Å². The first-order chi connectivity index (χ1) is 9.15. The molecule has 0 aromatic rings. The van der Waals surface area contributed by atoms with Crippen molar-refractivity contribution in [3.63, 3.8) is 0 Å². The van der Waals surface area contributed by atoms with E-state index in [4.69, 9.17) is 4.74 Å². The second-order valence-corrected chi connectivity index (χ2v) is 8.83. The van der Waals surface area contributed by atoms with Crippen molar-refractivity contribution in [3.8, 4) is 0 Å². The summed E-state index contributed by atoms with van der Waals surface area (Å²) in [6.45, 7) is 5.96. The maximum absolute atomic E-state index is 11.7. The minimum Gasteiger partial charge on any atom is -0.462 e. The Kier molecular flexibility index (Phi) is 5.70. The zero-order valence-electron chi connectivity index (χ0n) is 11.7. The van der Waals surface area contributed by atoms with Gasteiger partial charge in [0.05, 0.1) is 10.5 Å². The number of hydrogen-bond donors (Lipinski definition) is 0. The average molecular weight is 300 g/mol. The predicted molar refractivity (Wildman–Crippen MR) is 84.6 cm³/mol. The van der Waals surface area contributed by atoms with Crippen LogP contribution in [0.4, 0.5) is 0 Å². The van der Waals surface area contributed by atoms with Crippen molar-refractivity contribution >= 4 is 29.5 Å². The molecule has 0 bridgehead atoms. The Morgan fingerprint density at radius 2 is 2.00 bits per heavy atom. The van der Waals surface area contributed by atoms with Gasteiger partial charge in [0, 0.05) is 5.92 Å². The Labute approximate surface area is 125 Å². The van der Waals surface area contributed by atoms with Crippen LogP contribution in [0, 0.1) is 5.92 Å². The molecule has 2 atom stereocenters. The number of carbonyl (C=O) groups excluding carboxylic acids is 1. The molecule has 2 rings (SSSR count). The van der Waals surface area contributed by atoms with E-state index in [1.165, 1.54) is 37.2 Å². The highest BCUT2D eigenvalue weighted by Gasteiger charge is 2.43.